The summed E-state index contributed by atoms with van der Waals surface area (Å²) >= 11 is 6.07. The standard InChI is InChI=1S/C12H13ClN2O/c1-8(2)15-11(13)7-14-12(15)9-4-3-5-10(16)6-9/h3-8,16H,1-2H3. The highest BCUT2D eigenvalue weighted by molar-refractivity contribution is 6.29. The third kappa shape index (κ3) is 1.91. The average Bonchev–Trinajstić information content (AvgIpc) is 2.60. The predicted molar refractivity (Wildman–Crippen MR) is 64.7 cm³/mol. The van der Waals surface area contributed by atoms with Gasteiger partial charge < -0.3 is 9.67 Å². The third-order valence-corrected chi connectivity index (χ3v) is 2.65. The maximum Gasteiger partial charge on any atom is 0.141 e. The van der Waals surface area contributed by atoms with Crippen LogP contribution in [0.3, 0.4) is 0 Å². The van der Waals surface area contributed by atoms with Crippen molar-refractivity contribution >= 4 is 11.6 Å². The van der Waals surface area contributed by atoms with Gasteiger partial charge >= 0.3 is 0 Å². The van der Waals surface area contributed by atoms with Crippen molar-refractivity contribution < 1.29 is 5.11 Å². The highest BCUT2D eigenvalue weighted by atomic mass is 35.5. The Hall–Kier alpha value is -1.48. The van der Waals surface area contributed by atoms with Crippen LogP contribution in [-0.4, -0.2) is 14.7 Å². The maximum absolute atomic E-state index is 9.44. The number of hydrogen-bond acceptors (Lipinski definition) is 2. The largest absolute Gasteiger partial charge is 0.508 e. The number of rotatable bonds is 2. The third-order valence-electron chi connectivity index (χ3n) is 2.37. The average molecular weight is 237 g/mol. The zero-order chi connectivity index (χ0) is 11.7. The van der Waals surface area contributed by atoms with E-state index in [2.05, 4.69) is 4.98 Å². The Morgan fingerprint density at radius 2 is 2.12 bits per heavy atom. The molecule has 84 valence electrons. The molecule has 2 aromatic rings. The molecule has 3 nitrogen and oxygen atoms in total. The molecule has 0 aliphatic carbocycles. The van der Waals surface area contributed by atoms with Crippen LogP contribution < -0.4 is 0 Å². The van der Waals surface area contributed by atoms with Crippen LogP contribution >= 0.6 is 11.6 Å². The van der Waals surface area contributed by atoms with Gasteiger partial charge in [-0.3, -0.25) is 0 Å². The minimum atomic E-state index is 0.229. The van der Waals surface area contributed by atoms with Gasteiger partial charge in [-0.25, -0.2) is 4.98 Å². The first-order valence-electron chi connectivity index (χ1n) is 5.11. The van der Waals surface area contributed by atoms with E-state index in [9.17, 15) is 5.11 Å². The van der Waals surface area contributed by atoms with Crippen LogP contribution in [0.1, 0.15) is 19.9 Å². The normalized spacial score (nSPS) is 11.0. The van der Waals surface area contributed by atoms with Gasteiger partial charge in [0.2, 0.25) is 0 Å². The molecule has 0 unspecified atom stereocenters. The van der Waals surface area contributed by atoms with Crippen molar-refractivity contribution in [1.82, 2.24) is 9.55 Å². The number of aromatic hydroxyl groups is 1. The number of halogens is 1. The molecule has 1 heterocycles. The fourth-order valence-electron chi connectivity index (χ4n) is 1.69. The Balaban J connectivity index is 2.56. The van der Waals surface area contributed by atoms with E-state index in [4.69, 9.17) is 11.6 Å². The van der Waals surface area contributed by atoms with Crippen LogP contribution in [0.2, 0.25) is 5.15 Å². The van der Waals surface area contributed by atoms with E-state index in [-0.39, 0.29) is 11.8 Å². The van der Waals surface area contributed by atoms with Crippen molar-refractivity contribution in [1.29, 1.82) is 0 Å². The Morgan fingerprint density at radius 1 is 1.38 bits per heavy atom. The van der Waals surface area contributed by atoms with Gasteiger partial charge in [-0.1, -0.05) is 23.7 Å². The molecule has 16 heavy (non-hydrogen) atoms. The van der Waals surface area contributed by atoms with Gasteiger partial charge in [-0.15, -0.1) is 0 Å². The van der Waals surface area contributed by atoms with Crippen molar-refractivity contribution in [3.05, 3.63) is 35.6 Å². The molecule has 1 aromatic carbocycles. The second-order valence-corrected chi connectivity index (χ2v) is 4.31. The topological polar surface area (TPSA) is 38.0 Å². The van der Waals surface area contributed by atoms with E-state index in [1.54, 1.807) is 24.4 Å². The number of phenols is 1. The Bertz CT molecular complexity index is 505. The molecular weight excluding hydrogens is 224 g/mol. The van der Waals surface area contributed by atoms with Crippen molar-refractivity contribution in [2.75, 3.05) is 0 Å². The molecule has 2 rings (SSSR count). The summed E-state index contributed by atoms with van der Waals surface area (Å²) in [6, 6.07) is 7.23. The van der Waals surface area contributed by atoms with Gasteiger partial charge in [0.25, 0.3) is 0 Å². The molecule has 0 atom stereocenters. The predicted octanol–water partition coefficient (Wildman–Crippen LogP) is 3.49. The molecule has 0 bridgehead atoms. The van der Waals surface area contributed by atoms with Crippen molar-refractivity contribution in [3.8, 4) is 17.1 Å². The molecule has 0 amide bonds. The minimum Gasteiger partial charge on any atom is -0.508 e. The quantitative estimate of drug-likeness (QED) is 0.867. The number of benzene rings is 1. The van der Waals surface area contributed by atoms with E-state index in [1.807, 2.05) is 24.5 Å². The van der Waals surface area contributed by atoms with E-state index in [0.717, 1.165) is 11.4 Å². The van der Waals surface area contributed by atoms with E-state index < -0.39 is 0 Å². The van der Waals surface area contributed by atoms with E-state index >= 15 is 0 Å². The van der Waals surface area contributed by atoms with Gasteiger partial charge in [0.05, 0.1) is 6.20 Å². The van der Waals surface area contributed by atoms with Crippen LogP contribution in [-0.2, 0) is 0 Å². The number of imidazole rings is 1. The van der Waals surface area contributed by atoms with Gasteiger partial charge in [-0.05, 0) is 26.0 Å². The lowest BCUT2D eigenvalue weighted by molar-refractivity contribution is 0.475. The summed E-state index contributed by atoms with van der Waals surface area (Å²) in [5.74, 6) is 1.00. The van der Waals surface area contributed by atoms with Gasteiger partial charge in [0, 0.05) is 11.6 Å². The molecule has 0 fully saturated rings. The summed E-state index contributed by atoms with van der Waals surface area (Å²) in [7, 11) is 0. The first kappa shape index (κ1) is 11.0. The van der Waals surface area contributed by atoms with Crippen LogP contribution in [0, 0.1) is 0 Å². The lowest BCUT2D eigenvalue weighted by atomic mass is 10.2. The second kappa shape index (κ2) is 4.18. The van der Waals surface area contributed by atoms with Crippen LogP contribution in [0.25, 0.3) is 11.4 Å². The first-order chi connectivity index (χ1) is 7.59. The van der Waals surface area contributed by atoms with E-state index in [0.29, 0.717) is 5.15 Å². The molecule has 0 spiro atoms. The molecule has 4 heteroatoms. The SMILES string of the molecule is CC(C)n1c(Cl)cnc1-c1cccc(O)c1. The second-order valence-electron chi connectivity index (χ2n) is 3.92. The Kier molecular flexibility index (Phi) is 2.88. The van der Waals surface area contributed by atoms with Crippen molar-refractivity contribution in [2.45, 2.75) is 19.9 Å². The zero-order valence-electron chi connectivity index (χ0n) is 9.18. The highest BCUT2D eigenvalue weighted by Gasteiger charge is 2.13. The minimum absolute atomic E-state index is 0.229. The number of aromatic nitrogens is 2. The molecule has 0 saturated carbocycles. The lowest BCUT2D eigenvalue weighted by Gasteiger charge is -2.12. The molecule has 0 aliphatic rings. The van der Waals surface area contributed by atoms with Crippen LogP contribution in [0.15, 0.2) is 30.5 Å². The summed E-state index contributed by atoms with van der Waals surface area (Å²) in [6.07, 6.45) is 1.63. The molecule has 1 N–H and O–H groups in total. The highest BCUT2D eigenvalue weighted by Crippen LogP contribution is 2.28. The number of phenolic OH excluding ortho intramolecular Hbond substituents is 1. The summed E-state index contributed by atoms with van der Waals surface area (Å²) in [5.41, 5.74) is 0.862. The van der Waals surface area contributed by atoms with Gasteiger partial charge in [0.15, 0.2) is 0 Å². The van der Waals surface area contributed by atoms with Crippen molar-refractivity contribution in [2.24, 2.45) is 0 Å². The fraction of sp³-hybridized carbons (Fsp3) is 0.250. The fourth-order valence-corrected chi connectivity index (χ4v) is 2.01. The van der Waals surface area contributed by atoms with Crippen LogP contribution in [0.4, 0.5) is 0 Å². The number of nitrogens with zero attached hydrogens (tertiary/aromatic N) is 2. The summed E-state index contributed by atoms with van der Waals surface area (Å²) < 4.78 is 1.93. The summed E-state index contributed by atoms with van der Waals surface area (Å²) in [6.45, 7) is 4.08. The van der Waals surface area contributed by atoms with Gasteiger partial charge in [-0.2, -0.15) is 0 Å². The monoisotopic (exact) mass is 236 g/mol. The molecular formula is C12H13ClN2O. The van der Waals surface area contributed by atoms with Crippen molar-refractivity contribution in [3.63, 3.8) is 0 Å². The first-order valence-corrected chi connectivity index (χ1v) is 5.49. The molecule has 1 aromatic heterocycles. The Labute approximate surface area is 99.3 Å². The van der Waals surface area contributed by atoms with Gasteiger partial charge in [0.1, 0.15) is 16.7 Å². The number of hydrogen-bond donors (Lipinski definition) is 1. The summed E-state index contributed by atoms with van der Waals surface area (Å²) in [4.78, 5) is 4.27. The smallest absolute Gasteiger partial charge is 0.141 e. The van der Waals surface area contributed by atoms with Crippen LogP contribution in [0.5, 0.6) is 5.75 Å². The molecule has 0 aliphatic heterocycles. The summed E-state index contributed by atoms with van der Waals surface area (Å²) in [5, 5.41) is 10.0. The van der Waals surface area contributed by atoms with E-state index in [1.165, 1.54) is 0 Å². The Morgan fingerprint density at radius 3 is 2.75 bits per heavy atom. The molecule has 0 radical (unpaired) electrons. The maximum atomic E-state index is 9.44. The zero-order valence-corrected chi connectivity index (χ0v) is 9.94. The lowest BCUT2D eigenvalue weighted by Crippen LogP contribution is -2.03. The molecule has 0 saturated heterocycles.